The molecule has 0 rings (SSSR count). The van der Waals surface area contributed by atoms with Crippen LogP contribution in [0.25, 0.3) is 0 Å². The van der Waals surface area contributed by atoms with Crippen molar-refractivity contribution in [1.29, 1.82) is 0 Å². The molecule has 9 heavy (non-hydrogen) atoms. The predicted molar refractivity (Wildman–Crippen MR) is 33.9 cm³/mol. The van der Waals surface area contributed by atoms with Gasteiger partial charge < -0.3 is 15.7 Å². The largest absolute Gasteiger partial charge is 0.372 e. The first-order chi connectivity index (χ1) is 3.95. The van der Waals surface area contributed by atoms with Gasteiger partial charge in [-0.05, 0) is 13.8 Å². The third-order valence-corrected chi connectivity index (χ3v) is 0.646. The molecule has 0 aliphatic carbocycles. The molecular weight excluding hydrogens is 120 g/mol. The van der Waals surface area contributed by atoms with Crippen LogP contribution in [0.1, 0.15) is 13.8 Å². The van der Waals surface area contributed by atoms with Gasteiger partial charge in [0.1, 0.15) is 5.72 Å². The zero-order chi connectivity index (χ0) is 7.49. The summed E-state index contributed by atoms with van der Waals surface area (Å²) < 4.78 is 0. The molecule has 0 saturated carbocycles. The van der Waals surface area contributed by atoms with Crippen LogP contribution in [0.15, 0.2) is 0 Å². The highest BCUT2D eigenvalue weighted by Crippen LogP contribution is 1.91. The van der Waals surface area contributed by atoms with Crippen LogP contribution in [0.4, 0.5) is 4.79 Å². The molecule has 3 N–H and O–H groups in total. The Morgan fingerprint density at radius 1 is 1.56 bits per heavy atom. The second-order valence-electron chi connectivity index (χ2n) is 2.26. The molecule has 4 heteroatoms. The second-order valence-corrected chi connectivity index (χ2v) is 2.26. The van der Waals surface area contributed by atoms with E-state index in [1.165, 1.54) is 20.9 Å². The summed E-state index contributed by atoms with van der Waals surface area (Å²) in [6, 6.07) is -0.387. The Balaban J connectivity index is 3.60. The Kier molecular flexibility index (Phi) is 2.45. The van der Waals surface area contributed by atoms with Gasteiger partial charge in [-0.1, -0.05) is 0 Å². The highest BCUT2D eigenvalue weighted by atomic mass is 16.3. The molecule has 0 radical (unpaired) electrons. The Bertz CT molecular complexity index is 106. The molecular formula is C5H12N2O2. The molecule has 0 spiro atoms. The normalized spacial score (nSPS) is 10.7. The number of hydrogen-bond donors (Lipinski definition) is 3. The second kappa shape index (κ2) is 2.68. The van der Waals surface area contributed by atoms with Crippen molar-refractivity contribution in [3.05, 3.63) is 0 Å². The van der Waals surface area contributed by atoms with E-state index in [9.17, 15) is 4.79 Å². The number of nitrogens with one attached hydrogen (secondary N) is 2. The molecule has 0 aromatic carbocycles. The van der Waals surface area contributed by atoms with Crippen LogP contribution in [0.5, 0.6) is 0 Å². The Morgan fingerprint density at radius 2 is 2.00 bits per heavy atom. The number of hydrogen-bond acceptors (Lipinski definition) is 2. The lowest BCUT2D eigenvalue weighted by atomic mass is 10.3. The smallest absolute Gasteiger partial charge is 0.316 e. The van der Waals surface area contributed by atoms with Crippen LogP contribution in [-0.2, 0) is 0 Å². The van der Waals surface area contributed by atoms with Crippen LogP contribution in [0, 0.1) is 0 Å². The average molecular weight is 132 g/mol. The molecule has 0 atom stereocenters. The summed E-state index contributed by atoms with van der Waals surface area (Å²) in [5.41, 5.74) is -1.14. The predicted octanol–water partition coefficient (Wildman–Crippen LogP) is -0.356. The van der Waals surface area contributed by atoms with E-state index in [1.807, 2.05) is 0 Å². The number of aliphatic hydroxyl groups is 1. The molecule has 0 aliphatic heterocycles. The maximum Gasteiger partial charge on any atom is 0.316 e. The minimum atomic E-state index is -1.14. The van der Waals surface area contributed by atoms with Gasteiger partial charge in [-0.15, -0.1) is 0 Å². The van der Waals surface area contributed by atoms with Crippen molar-refractivity contribution in [1.82, 2.24) is 10.6 Å². The Morgan fingerprint density at radius 3 is 2.11 bits per heavy atom. The SMILES string of the molecule is CNC(=O)NC(C)(C)O. The third kappa shape index (κ3) is 5.10. The van der Waals surface area contributed by atoms with Crippen molar-refractivity contribution < 1.29 is 9.90 Å². The highest BCUT2D eigenvalue weighted by Gasteiger charge is 2.13. The third-order valence-electron chi connectivity index (χ3n) is 0.646. The van der Waals surface area contributed by atoms with E-state index in [-0.39, 0.29) is 6.03 Å². The molecule has 0 bridgehead atoms. The monoisotopic (exact) mass is 132 g/mol. The average Bonchev–Trinajstić information content (AvgIpc) is 1.62. The van der Waals surface area contributed by atoms with Gasteiger partial charge in [0.2, 0.25) is 0 Å². The van der Waals surface area contributed by atoms with Gasteiger partial charge >= 0.3 is 6.03 Å². The first kappa shape index (κ1) is 8.23. The minimum Gasteiger partial charge on any atom is -0.372 e. The summed E-state index contributed by atoms with van der Waals surface area (Å²) in [5.74, 6) is 0. The maximum atomic E-state index is 10.4. The van der Waals surface area contributed by atoms with Crippen molar-refractivity contribution in [2.75, 3.05) is 7.05 Å². The van der Waals surface area contributed by atoms with Crippen LogP contribution in [-0.4, -0.2) is 23.9 Å². The molecule has 0 aromatic heterocycles. The van der Waals surface area contributed by atoms with Crippen LogP contribution < -0.4 is 10.6 Å². The number of carbonyl (C=O) groups excluding carboxylic acids is 1. The van der Waals surface area contributed by atoms with Crippen molar-refractivity contribution in [2.24, 2.45) is 0 Å². The van der Waals surface area contributed by atoms with E-state index in [4.69, 9.17) is 5.11 Å². The summed E-state index contributed by atoms with van der Waals surface area (Å²) in [5, 5.41) is 13.5. The summed E-state index contributed by atoms with van der Waals surface area (Å²) in [7, 11) is 1.49. The first-order valence-electron chi connectivity index (χ1n) is 2.68. The van der Waals surface area contributed by atoms with E-state index < -0.39 is 5.72 Å². The minimum absolute atomic E-state index is 0.387. The number of rotatable bonds is 1. The van der Waals surface area contributed by atoms with Gasteiger partial charge in [0.25, 0.3) is 0 Å². The van der Waals surface area contributed by atoms with Crippen LogP contribution in [0.2, 0.25) is 0 Å². The summed E-state index contributed by atoms with van der Waals surface area (Å²) in [4.78, 5) is 10.4. The van der Waals surface area contributed by atoms with Gasteiger partial charge in [0.15, 0.2) is 0 Å². The molecule has 2 amide bonds. The lowest BCUT2D eigenvalue weighted by Gasteiger charge is -2.18. The van der Waals surface area contributed by atoms with E-state index in [2.05, 4.69) is 10.6 Å². The van der Waals surface area contributed by atoms with Crippen molar-refractivity contribution in [3.63, 3.8) is 0 Å². The van der Waals surface area contributed by atoms with E-state index in [0.29, 0.717) is 0 Å². The van der Waals surface area contributed by atoms with Crippen LogP contribution >= 0.6 is 0 Å². The van der Waals surface area contributed by atoms with Crippen molar-refractivity contribution in [2.45, 2.75) is 19.6 Å². The van der Waals surface area contributed by atoms with Crippen LogP contribution in [0.3, 0.4) is 0 Å². The standard InChI is InChI=1S/C5H12N2O2/c1-5(2,9)7-4(8)6-3/h9H,1-3H3,(H2,6,7,8). The molecule has 0 saturated heterocycles. The summed E-state index contributed by atoms with van der Waals surface area (Å²) in [6.07, 6.45) is 0. The van der Waals surface area contributed by atoms with Gasteiger partial charge in [-0.2, -0.15) is 0 Å². The lowest BCUT2D eigenvalue weighted by molar-refractivity contribution is 0.0549. The van der Waals surface area contributed by atoms with E-state index in [1.54, 1.807) is 0 Å². The molecule has 0 unspecified atom stereocenters. The Hall–Kier alpha value is -0.770. The molecule has 0 aromatic rings. The zero-order valence-electron chi connectivity index (χ0n) is 5.86. The molecule has 4 nitrogen and oxygen atoms in total. The Labute approximate surface area is 54.3 Å². The molecule has 0 heterocycles. The number of urea groups is 1. The van der Waals surface area contributed by atoms with E-state index in [0.717, 1.165) is 0 Å². The van der Waals surface area contributed by atoms with Crippen molar-refractivity contribution in [3.8, 4) is 0 Å². The molecule has 0 aliphatic rings. The maximum absolute atomic E-state index is 10.4. The topological polar surface area (TPSA) is 61.4 Å². The van der Waals surface area contributed by atoms with Crippen molar-refractivity contribution >= 4 is 6.03 Å². The highest BCUT2D eigenvalue weighted by molar-refractivity contribution is 5.73. The number of amides is 2. The zero-order valence-corrected chi connectivity index (χ0v) is 5.86. The number of carbonyl (C=O) groups is 1. The fourth-order valence-electron chi connectivity index (χ4n) is 0.340. The summed E-state index contributed by atoms with van der Waals surface area (Å²) in [6.45, 7) is 2.98. The first-order valence-corrected chi connectivity index (χ1v) is 2.68. The lowest BCUT2D eigenvalue weighted by Crippen LogP contribution is -2.47. The van der Waals surface area contributed by atoms with Gasteiger partial charge in [-0.3, -0.25) is 0 Å². The van der Waals surface area contributed by atoms with Gasteiger partial charge in [-0.25, -0.2) is 4.79 Å². The fourth-order valence-corrected chi connectivity index (χ4v) is 0.340. The summed E-state index contributed by atoms with van der Waals surface area (Å²) >= 11 is 0. The molecule has 54 valence electrons. The van der Waals surface area contributed by atoms with Gasteiger partial charge in [0.05, 0.1) is 0 Å². The molecule has 0 fully saturated rings. The fraction of sp³-hybridized carbons (Fsp3) is 0.800. The van der Waals surface area contributed by atoms with E-state index >= 15 is 0 Å². The quantitative estimate of drug-likeness (QED) is 0.427. The van der Waals surface area contributed by atoms with Gasteiger partial charge in [0, 0.05) is 7.05 Å².